The highest BCUT2D eigenvalue weighted by Crippen LogP contribution is 2.41. The highest BCUT2D eigenvalue weighted by atomic mass is 35.5. The van der Waals surface area contributed by atoms with E-state index >= 15 is 0 Å². The molecule has 0 amide bonds. The van der Waals surface area contributed by atoms with Gasteiger partial charge < -0.3 is 0 Å². The van der Waals surface area contributed by atoms with Gasteiger partial charge in [0.25, 0.3) is 0 Å². The SMILES string of the molecule is CC[C@H]1CC[C@H]([C@H]2CC[C@H](CCl)CC2)CC1. The van der Waals surface area contributed by atoms with Crippen LogP contribution in [-0.2, 0) is 0 Å². The van der Waals surface area contributed by atoms with Crippen molar-refractivity contribution in [2.45, 2.75) is 64.7 Å². The number of hydrogen-bond acceptors (Lipinski definition) is 0. The first kappa shape index (κ1) is 12.7. The third-order valence-electron chi connectivity index (χ3n) is 5.25. The Kier molecular flexibility index (Phi) is 5.00. The molecular weight excluding hydrogens is 216 g/mol. The van der Waals surface area contributed by atoms with Crippen molar-refractivity contribution < 1.29 is 0 Å². The summed E-state index contributed by atoms with van der Waals surface area (Å²) in [5.74, 6) is 4.91. The maximum absolute atomic E-state index is 5.95. The van der Waals surface area contributed by atoms with Gasteiger partial charge in [0.1, 0.15) is 0 Å². The van der Waals surface area contributed by atoms with Crippen LogP contribution in [-0.4, -0.2) is 5.88 Å². The van der Waals surface area contributed by atoms with Gasteiger partial charge in [-0.25, -0.2) is 0 Å². The van der Waals surface area contributed by atoms with Crippen molar-refractivity contribution in [3.8, 4) is 0 Å². The molecule has 2 fully saturated rings. The third kappa shape index (κ3) is 3.15. The first-order chi connectivity index (χ1) is 7.83. The molecule has 2 rings (SSSR count). The maximum Gasteiger partial charge on any atom is 0.0251 e. The van der Waals surface area contributed by atoms with Crippen molar-refractivity contribution in [3.05, 3.63) is 0 Å². The molecule has 0 atom stereocenters. The molecule has 0 nitrogen and oxygen atoms in total. The van der Waals surface area contributed by atoms with Crippen LogP contribution in [0.4, 0.5) is 0 Å². The molecule has 0 spiro atoms. The summed E-state index contributed by atoms with van der Waals surface area (Å²) in [6.45, 7) is 2.36. The van der Waals surface area contributed by atoms with E-state index in [0.29, 0.717) is 0 Å². The van der Waals surface area contributed by atoms with Gasteiger partial charge in [0, 0.05) is 5.88 Å². The highest BCUT2D eigenvalue weighted by Gasteiger charge is 2.29. The molecule has 0 aromatic rings. The van der Waals surface area contributed by atoms with E-state index in [-0.39, 0.29) is 0 Å². The van der Waals surface area contributed by atoms with Crippen molar-refractivity contribution in [2.24, 2.45) is 23.7 Å². The molecule has 2 aliphatic carbocycles. The van der Waals surface area contributed by atoms with Gasteiger partial charge in [-0.2, -0.15) is 0 Å². The Morgan fingerprint density at radius 1 is 0.750 bits per heavy atom. The second-order valence-corrected chi connectivity index (χ2v) is 6.43. The normalized spacial score (nSPS) is 40.9. The molecule has 0 unspecified atom stereocenters. The lowest BCUT2D eigenvalue weighted by molar-refractivity contribution is 0.150. The van der Waals surface area contributed by atoms with Crippen LogP contribution >= 0.6 is 11.6 Å². The van der Waals surface area contributed by atoms with E-state index in [0.717, 1.165) is 29.6 Å². The Balaban J connectivity index is 1.73. The van der Waals surface area contributed by atoms with Crippen LogP contribution in [0.3, 0.4) is 0 Å². The first-order valence-electron chi connectivity index (χ1n) is 7.39. The number of halogens is 1. The molecule has 0 aromatic carbocycles. The number of alkyl halides is 1. The molecule has 94 valence electrons. The standard InChI is InChI=1S/C15H27Cl/c1-2-12-3-7-14(8-4-12)15-9-5-13(11-16)6-10-15/h12-15H,2-11H2,1H3/t12-,13-,14-,15-. The highest BCUT2D eigenvalue weighted by molar-refractivity contribution is 6.18. The summed E-state index contributed by atoms with van der Waals surface area (Å²) in [5, 5.41) is 0. The molecule has 0 aromatic heterocycles. The largest absolute Gasteiger partial charge is 0.126 e. The van der Waals surface area contributed by atoms with Gasteiger partial charge in [-0.15, -0.1) is 11.6 Å². The average molecular weight is 243 g/mol. The van der Waals surface area contributed by atoms with Crippen LogP contribution in [0.5, 0.6) is 0 Å². The van der Waals surface area contributed by atoms with Crippen molar-refractivity contribution in [3.63, 3.8) is 0 Å². The zero-order valence-corrected chi connectivity index (χ0v) is 11.5. The van der Waals surface area contributed by atoms with Gasteiger partial charge >= 0.3 is 0 Å². The Hall–Kier alpha value is 0.290. The molecule has 1 heteroatoms. The van der Waals surface area contributed by atoms with Gasteiger partial charge in [0.05, 0.1) is 0 Å². The van der Waals surface area contributed by atoms with Crippen LogP contribution in [0, 0.1) is 23.7 Å². The van der Waals surface area contributed by atoms with Gasteiger partial charge in [-0.1, -0.05) is 26.2 Å². The van der Waals surface area contributed by atoms with E-state index in [1.807, 2.05) is 0 Å². The predicted molar refractivity (Wildman–Crippen MR) is 71.9 cm³/mol. The van der Waals surface area contributed by atoms with Crippen LogP contribution < -0.4 is 0 Å². The molecule has 0 bridgehead atoms. The minimum Gasteiger partial charge on any atom is -0.126 e. The summed E-state index contributed by atoms with van der Waals surface area (Å²) in [4.78, 5) is 0. The molecular formula is C15H27Cl. The van der Waals surface area contributed by atoms with E-state index in [9.17, 15) is 0 Å². The smallest absolute Gasteiger partial charge is 0.0251 e. The molecule has 16 heavy (non-hydrogen) atoms. The molecule has 0 radical (unpaired) electrons. The Bertz CT molecular complexity index is 164. The molecule has 2 saturated carbocycles. The minimum absolute atomic E-state index is 0.838. The van der Waals surface area contributed by atoms with E-state index in [1.54, 1.807) is 0 Å². The van der Waals surface area contributed by atoms with Crippen molar-refractivity contribution in [1.29, 1.82) is 0 Å². The fraction of sp³-hybridized carbons (Fsp3) is 1.00. The summed E-state index contributed by atoms with van der Waals surface area (Å²) in [7, 11) is 0. The zero-order valence-electron chi connectivity index (χ0n) is 10.8. The third-order valence-corrected chi connectivity index (χ3v) is 5.68. The zero-order chi connectivity index (χ0) is 11.4. The van der Waals surface area contributed by atoms with Crippen molar-refractivity contribution in [1.82, 2.24) is 0 Å². The van der Waals surface area contributed by atoms with Crippen LogP contribution in [0.2, 0.25) is 0 Å². The molecule has 0 saturated heterocycles. The van der Waals surface area contributed by atoms with Crippen molar-refractivity contribution >= 4 is 11.6 Å². The van der Waals surface area contributed by atoms with Crippen LogP contribution in [0.25, 0.3) is 0 Å². The van der Waals surface area contributed by atoms with Gasteiger partial charge in [0.15, 0.2) is 0 Å². The average Bonchev–Trinajstić information content (AvgIpc) is 2.39. The molecule has 2 aliphatic rings. The minimum atomic E-state index is 0.838. The Morgan fingerprint density at radius 2 is 1.19 bits per heavy atom. The van der Waals surface area contributed by atoms with Crippen molar-refractivity contribution in [2.75, 3.05) is 5.88 Å². The fourth-order valence-electron chi connectivity index (χ4n) is 3.88. The fourth-order valence-corrected chi connectivity index (χ4v) is 4.19. The maximum atomic E-state index is 5.95. The predicted octanol–water partition coefficient (Wildman–Crippen LogP) is 5.25. The van der Waals surface area contributed by atoms with Gasteiger partial charge in [-0.05, 0) is 62.2 Å². The lowest BCUT2D eigenvalue weighted by Gasteiger charge is -2.37. The van der Waals surface area contributed by atoms with Crippen LogP contribution in [0.1, 0.15) is 64.7 Å². The Morgan fingerprint density at radius 3 is 1.56 bits per heavy atom. The molecule has 0 aliphatic heterocycles. The lowest BCUT2D eigenvalue weighted by atomic mass is 9.69. The second kappa shape index (κ2) is 6.28. The summed E-state index contributed by atoms with van der Waals surface area (Å²) in [6.07, 6.45) is 13.2. The summed E-state index contributed by atoms with van der Waals surface area (Å²) < 4.78 is 0. The van der Waals surface area contributed by atoms with E-state index in [4.69, 9.17) is 11.6 Å². The second-order valence-electron chi connectivity index (χ2n) is 6.12. The van der Waals surface area contributed by atoms with E-state index in [2.05, 4.69) is 6.92 Å². The van der Waals surface area contributed by atoms with Crippen LogP contribution in [0.15, 0.2) is 0 Å². The summed E-state index contributed by atoms with van der Waals surface area (Å²) in [5.41, 5.74) is 0. The van der Waals surface area contributed by atoms with E-state index < -0.39 is 0 Å². The topological polar surface area (TPSA) is 0 Å². The monoisotopic (exact) mass is 242 g/mol. The first-order valence-corrected chi connectivity index (χ1v) is 7.92. The molecule has 0 heterocycles. The number of rotatable bonds is 3. The van der Waals surface area contributed by atoms with E-state index in [1.165, 1.54) is 57.8 Å². The van der Waals surface area contributed by atoms with Gasteiger partial charge in [-0.3, -0.25) is 0 Å². The quantitative estimate of drug-likeness (QED) is 0.593. The Labute approximate surface area is 106 Å². The van der Waals surface area contributed by atoms with Gasteiger partial charge in [0.2, 0.25) is 0 Å². The summed E-state index contributed by atoms with van der Waals surface area (Å²) >= 11 is 5.95. The number of hydrogen-bond donors (Lipinski definition) is 0. The summed E-state index contributed by atoms with van der Waals surface area (Å²) in [6, 6.07) is 0. The lowest BCUT2D eigenvalue weighted by Crippen LogP contribution is -2.26. The molecule has 0 N–H and O–H groups in total.